The van der Waals surface area contributed by atoms with Crippen LogP contribution >= 0.6 is 35.6 Å². The normalized spacial score (nSPS) is 16.7. The van der Waals surface area contributed by atoms with Gasteiger partial charge in [0.05, 0.1) is 6.54 Å². The van der Waals surface area contributed by atoms with E-state index in [2.05, 4.69) is 43.2 Å². The molecule has 1 aromatic carbocycles. The zero-order chi connectivity index (χ0) is 18.1. The largest absolute Gasteiger partial charge is 0.381 e. The van der Waals surface area contributed by atoms with Crippen molar-refractivity contribution >= 4 is 41.5 Å². The van der Waals surface area contributed by atoms with Crippen LogP contribution in [-0.2, 0) is 10.2 Å². The summed E-state index contributed by atoms with van der Waals surface area (Å²) in [5.74, 6) is 0.990. The number of benzene rings is 1. The van der Waals surface area contributed by atoms with E-state index in [1.54, 1.807) is 0 Å². The van der Waals surface area contributed by atoms with Crippen molar-refractivity contribution in [3.05, 3.63) is 34.9 Å². The van der Waals surface area contributed by atoms with Gasteiger partial charge in [0.2, 0.25) is 0 Å². The number of nitrogens with zero attached hydrogens (tertiary/aromatic N) is 2. The fourth-order valence-corrected chi connectivity index (χ4v) is 3.51. The molecule has 0 spiro atoms. The third-order valence-electron chi connectivity index (χ3n) is 4.96. The highest BCUT2D eigenvalue weighted by Gasteiger charge is 2.34. The highest BCUT2D eigenvalue weighted by atomic mass is 127. The summed E-state index contributed by atoms with van der Waals surface area (Å²) >= 11 is 6.26. The highest BCUT2D eigenvalue weighted by molar-refractivity contribution is 14.0. The number of hydrogen-bond acceptors (Lipinski definition) is 2. The van der Waals surface area contributed by atoms with Gasteiger partial charge in [-0.1, -0.05) is 37.1 Å². The highest BCUT2D eigenvalue weighted by Crippen LogP contribution is 2.36. The molecule has 0 bridgehead atoms. The van der Waals surface area contributed by atoms with E-state index in [1.165, 1.54) is 18.4 Å². The summed E-state index contributed by atoms with van der Waals surface area (Å²) in [6, 6.07) is 8.25. The summed E-state index contributed by atoms with van der Waals surface area (Å²) in [4.78, 5) is 7.24. The quantitative estimate of drug-likeness (QED) is 0.340. The first-order valence-electron chi connectivity index (χ1n) is 9.44. The molecular weight excluding hydrogens is 461 g/mol. The van der Waals surface area contributed by atoms with Crippen molar-refractivity contribution in [2.24, 2.45) is 4.99 Å². The van der Waals surface area contributed by atoms with Crippen LogP contribution in [0.1, 0.15) is 45.1 Å². The van der Waals surface area contributed by atoms with Crippen LogP contribution in [0.3, 0.4) is 0 Å². The maximum absolute atomic E-state index is 6.26. The third-order valence-corrected chi connectivity index (χ3v) is 5.20. The van der Waals surface area contributed by atoms with Crippen molar-refractivity contribution in [3.63, 3.8) is 0 Å². The first kappa shape index (κ1) is 23.5. The molecule has 1 fully saturated rings. The number of aliphatic imine (C=N–C) groups is 1. The van der Waals surface area contributed by atoms with Crippen LogP contribution in [0.4, 0.5) is 0 Å². The van der Waals surface area contributed by atoms with Gasteiger partial charge in [-0.2, -0.15) is 0 Å². The van der Waals surface area contributed by atoms with Crippen LogP contribution < -0.4 is 5.32 Å². The lowest BCUT2D eigenvalue weighted by atomic mass is 9.74. The zero-order valence-corrected chi connectivity index (χ0v) is 19.3. The summed E-state index contributed by atoms with van der Waals surface area (Å²) in [7, 11) is 2.12. The van der Waals surface area contributed by atoms with Gasteiger partial charge in [-0.05, 0) is 43.9 Å². The Balaban J connectivity index is 0.00000338. The second-order valence-electron chi connectivity index (χ2n) is 6.85. The lowest BCUT2D eigenvalue weighted by molar-refractivity contribution is 0.0530. The van der Waals surface area contributed by atoms with Gasteiger partial charge in [0.25, 0.3) is 0 Å². The molecule has 1 saturated heterocycles. The summed E-state index contributed by atoms with van der Waals surface area (Å²) in [6.45, 7) is 8.56. The van der Waals surface area contributed by atoms with E-state index < -0.39 is 0 Å². The van der Waals surface area contributed by atoms with Gasteiger partial charge < -0.3 is 15.0 Å². The Morgan fingerprint density at radius 1 is 1.31 bits per heavy atom. The number of nitrogens with one attached hydrogen (secondary N) is 1. The van der Waals surface area contributed by atoms with Gasteiger partial charge in [-0.25, -0.2) is 0 Å². The Morgan fingerprint density at radius 3 is 2.65 bits per heavy atom. The number of rotatable bonds is 7. The molecule has 1 aliphatic heterocycles. The number of unbranched alkanes of at least 4 members (excludes halogenated alkanes) is 1. The van der Waals surface area contributed by atoms with Crippen LogP contribution in [0.2, 0.25) is 5.02 Å². The van der Waals surface area contributed by atoms with E-state index in [0.717, 1.165) is 56.7 Å². The Labute approximate surface area is 180 Å². The zero-order valence-electron chi connectivity index (χ0n) is 16.3. The lowest BCUT2D eigenvalue weighted by Gasteiger charge is -2.37. The molecule has 26 heavy (non-hydrogen) atoms. The molecule has 0 atom stereocenters. The van der Waals surface area contributed by atoms with E-state index in [0.29, 0.717) is 0 Å². The van der Waals surface area contributed by atoms with Crippen molar-refractivity contribution < 1.29 is 4.74 Å². The average molecular weight is 494 g/mol. The molecule has 0 saturated carbocycles. The Hall–Kier alpha value is -0.530. The Morgan fingerprint density at radius 2 is 2.04 bits per heavy atom. The van der Waals surface area contributed by atoms with Gasteiger partial charge in [0.1, 0.15) is 0 Å². The van der Waals surface area contributed by atoms with E-state index in [-0.39, 0.29) is 29.4 Å². The van der Waals surface area contributed by atoms with Crippen molar-refractivity contribution in [1.82, 2.24) is 10.2 Å². The summed E-state index contributed by atoms with van der Waals surface area (Å²) < 4.78 is 5.62. The topological polar surface area (TPSA) is 36.9 Å². The van der Waals surface area contributed by atoms with Crippen LogP contribution in [0, 0.1) is 0 Å². The molecule has 1 N–H and O–H groups in total. The molecule has 0 radical (unpaired) electrons. The van der Waals surface area contributed by atoms with E-state index in [4.69, 9.17) is 21.3 Å². The summed E-state index contributed by atoms with van der Waals surface area (Å²) in [5.41, 5.74) is 1.29. The Kier molecular flexibility index (Phi) is 10.9. The molecule has 2 rings (SSSR count). The minimum Gasteiger partial charge on any atom is -0.381 e. The monoisotopic (exact) mass is 493 g/mol. The van der Waals surface area contributed by atoms with Crippen LogP contribution in [0.5, 0.6) is 0 Å². The van der Waals surface area contributed by atoms with E-state index in [9.17, 15) is 0 Å². The van der Waals surface area contributed by atoms with Gasteiger partial charge in [-0.15, -0.1) is 24.0 Å². The van der Waals surface area contributed by atoms with Gasteiger partial charge in [0, 0.05) is 43.8 Å². The minimum absolute atomic E-state index is 0. The third kappa shape index (κ3) is 6.57. The van der Waals surface area contributed by atoms with Crippen molar-refractivity contribution in [3.8, 4) is 0 Å². The lowest BCUT2D eigenvalue weighted by Crippen LogP contribution is -2.42. The van der Waals surface area contributed by atoms with Crippen molar-refractivity contribution in [1.29, 1.82) is 0 Å². The number of hydrogen-bond donors (Lipinski definition) is 1. The maximum Gasteiger partial charge on any atom is 0.193 e. The van der Waals surface area contributed by atoms with Crippen molar-refractivity contribution in [2.75, 3.05) is 39.9 Å². The Bertz CT molecular complexity index is 562. The number of guanidine groups is 1. The molecule has 0 aromatic heterocycles. The van der Waals surface area contributed by atoms with Gasteiger partial charge in [0.15, 0.2) is 5.96 Å². The summed E-state index contributed by atoms with van der Waals surface area (Å²) in [5, 5.41) is 4.22. The smallest absolute Gasteiger partial charge is 0.193 e. The molecule has 0 unspecified atom stereocenters. The molecule has 0 amide bonds. The first-order valence-corrected chi connectivity index (χ1v) is 9.82. The second kappa shape index (κ2) is 12.0. The second-order valence-corrected chi connectivity index (χ2v) is 7.28. The molecule has 0 aliphatic carbocycles. The van der Waals surface area contributed by atoms with Crippen molar-refractivity contribution in [2.45, 2.75) is 44.9 Å². The molecule has 1 aliphatic rings. The molecule has 4 nitrogen and oxygen atoms in total. The molecule has 1 heterocycles. The number of ether oxygens (including phenoxy) is 1. The fourth-order valence-electron chi connectivity index (χ4n) is 3.32. The fraction of sp³-hybridized carbons (Fsp3) is 0.650. The first-order chi connectivity index (χ1) is 12.1. The molecule has 1 aromatic rings. The molecular formula is C20H33ClIN3O. The minimum atomic E-state index is 0. The maximum atomic E-state index is 6.26. The predicted molar refractivity (Wildman–Crippen MR) is 122 cm³/mol. The predicted octanol–water partition coefficient (Wildman–Crippen LogP) is 4.70. The van der Waals surface area contributed by atoms with Gasteiger partial charge in [-0.3, -0.25) is 4.99 Å². The van der Waals surface area contributed by atoms with E-state index >= 15 is 0 Å². The molecule has 6 heteroatoms. The van der Waals surface area contributed by atoms with Crippen LogP contribution in [-0.4, -0.2) is 50.8 Å². The standard InChI is InChI=1S/C20H32ClN3O.HI/c1-4-6-12-24(3)19(22-5-2)23-16-20(10-13-25-14-11-20)17-8-7-9-18(21)15-17;/h7-9,15H,4-6,10-14,16H2,1-3H3,(H,22,23);1H. The number of halogens is 2. The van der Waals surface area contributed by atoms with Crippen LogP contribution in [0.15, 0.2) is 29.3 Å². The molecule has 148 valence electrons. The van der Waals surface area contributed by atoms with Crippen LogP contribution in [0.25, 0.3) is 0 Å². The van der Waals surface area contributed by atoms with E-state index in [1.807, 2.05) is 12.1 Å². The summed E-state index contributed by atoms with van der Waals surface area (Å²) in [6.07, 6.45) is 4.32. The average Bonchev–Trinajstić information content (AvgIpc) is 2.64. The SMILES string of the molecule is CCCCN(C)C(=NCC1(c2cccc(Cl)c2)CCOCC1)NCC.I. The van der Waals surface area contributed by atoms with Gasteiger partial charge >= 0.3 is 0 Å².